The van der Waals surface area contributed by atoms with E-state index >= 15 is 0 Å². The number of β-amino-alcohol motifs (C(OH)–C–C–N with tert-alkyl or cyclic N) is 1. The van der Waals surface area contributed by atoms with Crippen LogP contribution in [0.5, 0.6) is 0 Å². The maximum absolute atomic E-state index is 14.1. The molecule has 402 valence electrons. The highest BCUT2D eigenvalue weighted by Gasteiger charge is 2.44. The summed E-state index contributed by atoms with van der Waals surface area (Å²) in [5, 5.41) is 19.6. The monoisotopic (exact) mass is 1060 g/mol. The highest BCUT2D eigenvalue weighted by atomic mass is 32.1. The van der Waals surface area contributed by atoms with Crippen LogP contribution in [-0.2, 0) is 37.7 Å². The second-order valence-electron chi connectivity index (χ2n) is 21.8. The second kappa shape index (κ2) is 23.9. The van der Waals surface area contributed by atoms with Crippen molar-refractivity contribution in [3.63, 3.8) is 0 Å². The van der Waals surface area contributed by atoms with Gasteiger partial charge < -0.3 is 37.4 Å². The minimum absolute atomic E-state index is 0.0101. The number of rotatable bonds is 21. The number of nitrogen functional groups attached to an aromatic ring is 1. The van der Waals surface area contributed by atoms with Gasteiger partial charge in [-0.3, -0.25) is 23.7 Å². The van der Waals surface area contributed by atoms with E-state index in [0.29, 0.717) is 48.7 Å². The number of carbonyl (C=O) groups is 4. The number of aryl methyl sites for hydroxylation is 2. The van der Waals surface area contributed by atoms with Crippen LogP contribution < -0.4 is 27.4 Å². The van der Waals surface area contributed by atoms with Gasteiger partial charge in [0.05, 0.1) is 33.4 Å². The van der Waals surface area contributed by atoms with Gasteiger partial charge in [-0.05, 0) is 116 Å². The average Bonchev–Trinajstić information content (AvgIpc) is 4.15. The molecule has 0 spiro atoms. The Labute approximate surface area is 454 Å². The first-order valence-corrected chi connectivity index (χ1v) is 27.8. The summed E-state index contributed by atoms with van der Waals surface area (Å²) >= 11 is 1.58. The number of hydrogen-bond acceptors (Lipinski definition) is 12. The van der Waals surface area contributed by atoms with Crippen LogP contribution in [0, 0.1) is 12.3 Å². The molecule has 8 N–H and O–H groups in total. The van der Waals surface area contributed by atoms with Gasteiger partial charge >= 0.3 is 0 Å². The third-order valence-electron chi connectivity index (χ3n) is 15.0. The summed E-state index contributed by atoms with van der Waals surface area (Å²) in [7, 11) is 0. The summed E-state index contributed by atoms with van der Waals surface area (Å²) in [4.78, 5) is 75.2. The molecule has 9 rings (SSSR count). The molecular weight excluding hydrogens is 987 g/mol. The molecule has 77 heavy (non-hydrogen) atoms. The third kappa shape index (κ3) is 12.9. The highest BCUT2D eigenvalue weighted by molar-refractivity contribution is 7.13. The Kier molecular flexibility index (Phi) is 16.9. The van der Waals surface area contributed by atoms with Crippen LogP contribution in [0.4, 0.5) is 5.82 Å². The molecule has 1 unspecified atom stereocenters. The number of hydrogen-bond donors (Lipinski definition) is 6. The number of nitrogens with two attached hydrogens (primary N) is 2. The molecule has 17 heteroatoms. The zero-order valence-electron chi connectivity index (χ0n) is 44.6. The SMILES string of the molecule is Cc1ncsc1-c1ccc(CNC(=O)[C@@H]2C[C@@H](O)CN2C(=O)C(NC(=O)CCCCCCCNC(=O)CCc2cccc(-c3ccc4nc(-c5cccnc5N)n(-c5ccc(C6(N)CCC6)cc5)c4n3)c2)C(C)(C)C)cc1. The predicted octanol–water partition coefficient (Wildman–Crippen LogP) is 8.70. The molecule has 1 aliphatic carbocycles. The number of carbonyl (C=O) groups excluding carboxylic acids is 4. The van der Waals surface area contributed by atoms with Crippen molar-refractivity contribution >= 4 is 51.9 Å². The van der Waals surface area contributed by atoms with Gasteiger partial charge in [0.15, 0.2) is 11.5 Å². The van der Waals surface area contributed by atoms with E-state index in [-0.39, 0.29) is 55.1 Å². The quantitative estimate of drug-likeness (QED) is 0.0372. The Morgan fingerprint density at radius 1 is 0.831 bits per heavy atom. The molecule has 2 fully saturated rings. The van der Waals surface area contributed by atoms with E-state index in [1.165, 1.54) is 4.90 Å². The molecule has 4 aromatic heterocycles. The van der Waals surface area contributed by atoms with E-state index in [1.807, 2.05) is 105 Å². The molecule has 3 aromatic carbocycles. The number of imidazole rings is 1. The molecule has 1 saturated heterocycles. The fraction of sp³-hybridized carbons (Fsp3) is 0.400. The van der Waals surface area contributed by atoms with Crippen molar-refractivity contribution in [2.75, 3.05) is 18.8 Å². The van der Waals surface area contributed by atoms with E-state index < -0.39 is 23.6 Å². The lowest BCUT2D eigenvalue weighted by atomic mass is 9.73. The van der Waals surface area contributed by atoms with Crippen molar-refractivity contribution in [1.29, 1.82) is 0 Å². The molecule has 7 aromatic rings. The zero-order valence-corrected chi connectivity index (χ0v) is 45.4. The molecule has 0 bridgehead atoms. The molecule has 4 amide bonds. The lowest BCUT2D eigenvalue weighted by molar-refractivity contribution is -0.144. The van der Waals surface area contributed by atoms with E-state index in [2.05, 4.69) is 56.3 Å². The number of aromatic nitrogens is 5. The van der Waals surface area contributed by atoms with E-state index in [4.69, 9.17) is 21.4 Å². The topological polar surface area (TPSA) is 236 Å². The van der Waals surface area contributed by atoms with Crippen LogP contribution in [0.1, 0.15) is 114 Å². The van der Waals surface area contributed by atoms with Gasteiger partial charge in [-0.1, -0.05) is 94.6 Å². The van der Waals surface area contributed by atoms with Crippen LogP contribution >= 0.6 is 11.3 Å². The molecular formula is C60H71N11O5S. The van der Waals surface area contributed by atoms with Crippen molar-refractivity contribution in [2.45, 2.75) is 135 Å². The van der Waals surface area contributed by atoms with Crippen molar-refractivity contribution in [3.8, 4) is 38.8 Å². The number of pyridine rings is 2. The van der Waals surface area contributed by atoms with Gasteiger partial charge in [-0.25, -0.2) is 19.9 Å². The Morgan fingerprint density at radius 2 is 1.60 bits per heavy atom. The van der Waals surface area contributed by atoms with E-state index in [0.717, 1.165) is 100 Å². The number of aliphatic hydroxyl groups is 1. The minimum Gasteiger partial charge on any atom is -0.391 e. The Bertz CT molecular complexity index is 3220. The molecule has 0 radical (unpaired) electrons. The number of nitrogens with one attached hydrogen (secondary N) is 3. The van der Waals surface area contributed by atoms with E-state index in [9.17, 15) is 24.3 Å². The van der Waals surface area contributed by atoms with Gasteiger partial charge in [-0.15, -0.1) is 11.3 Å². The van der Waals surface area contributed by atoms with Gasteiger partial charge in [-0.2, -0.15) is 0 Å². The Balaban J connectivity index is 0.706. The smallest absolute Gasteiger partial charge is 0.246 e. The summed E-state index contributed by atoms with van der Waals surface area (Å²) in [6.45, 7) is 8.48. The lowest BCUT2D eigenvalue weighted by Gasteiger charge is -2.38. The number of anilines is 1. The number of likely N-dealkylation sites (tertiary alicyclic amines) is 1. The van der Waals surface area contributed by atoms with Crippen molar-refractivity contribution in [1.82, 2.24) is 45.4 Å². The summed E-state index contributed by atoms with van der Waals surface area (Å²) in [5.41, 5.74) is 23.8. The normalized spacial score (nSPS) is 16.5. The maximum atomic E-state index is 14.1. The minimum atomic E-state index is -0.881. The zero-order chi connectivity index (χ0) is 54.3. The van der Waals surface area contributed by atoms with Gasteiger partial charge in [0.25, 0.3) is 0 Å². The first-order valence-electron chi connectivity index (χ1n) is 27.0. The first-order chi connectivity index (χ1) is 37.0. The number of aliphatic hydroxyl groups excluding tert-OH is 1. The number of unbranched alkanes of at least 4 members (excludes halogenated alkanes) is 4. The third-order valence-corrected chi connectivity index (χ3v) is 16.0. The van der Waals surface area contributed by atoms with Crippen molar-refractivity contribution < 1.29 is 24.3 Å². The maximum Gasteiger partial charge on any atom is 0.246 e. The molecule has 5 heterocycles. The van der Waals surface area contributed by atoms with Crippen LogP contribution in [0.25, 0.3) is 49.9 Å². The number of nitrogens with zero attached hydrogens (tertiary/aromatic N) is 6. The fourth-order valence-corrected chi connectivity index (χ4v) is 11.2. The second-order valence-corrected chi connectivity index (χ2v) is 22.7. The number of thiazole rings is 1. The lowest BCUT2D eigenvalue weighted by Crippen LogP contribution is -2.57. The summed E-state index contributed by atoms with van der Waals surface area (Å²) in [5.74, 6) is 0.0580. The largest absolute Gasteiger partial charge is 0.391 e. The summed E-state index contributed by atoms with van der Waals surface area (Å²) in [6, 6.07) is 30.4. The fourth-order valence-electron chi connectivity index (χ4n) is 10.4. The standard InChI is InChI=1S/C60H71N11O5S/c1-38-52(77-37-66-38)41-20-17-40(18-21-41)35-65-57(75)49-34-45(72)36-70(49)58(76)53(59(2,3)4)69-51(74)16-8-6-5-7-9-31-63-50(73)28-19-39-13-10-14-42(33-39)47-26-27-48-56(67-47)71(55(68-48)46-15-11-32-64-54(46)61)44-24-22-43(23-25-44)60(62)29-12-30-60/h10-11,13-15,17-18,20-27,32-33,37,45,49,53,72H,5-9,12,16,19,28-31,34-36,62H2,1-4H3,(H2,61,64)(H,63,73)(H,65,75)(H,69,74)/t45-,49+,53?/m1/s1. The van der Waals surface area contributed by atoms with Gasteiger partial charge in [0, 0.05) is 61.9 Å². The van der Waals surface area contributed by atoms with Crippen molar-refractivity contribution in [2.24, 2.45) is 11.1 Å². The van der Waals surface area contributed by atoms with E-state index in [1.54, 1.807) is 17.5 Å². The number of amides is 4. The van der Waals surface area contributed by atoms with Crippen LogP contribution in [0.2, 0.25) is 0 Å². The number of fused-ring (bicyclic) bond motifs is 1. The van der Waals surface area contributed by atoms with Crippen LogP contribution in [0.3, 0.4) is 0 Å². The Hall–Kier alpha value is -7.34. The molecule has 2 aliphatic rings. The van der Waals surface area contributed by atoms with Gasteiger partial charge in [0.1, 0.15) is 23.4 Å². The van der Waals surface area contributed by atoms with Crippen LogP contribution in [-0.4, -0.2) is 89.4 Å². The summed E-state index contributed by atoms with van der Waals surface area (Å²) < 4.78 is 2.03. The van der Waals surface area contributed by atoms with Crippen LogP contribution in [0.15, 0.2) is 109 Å². The number of benzene rings is 3. The molecule has 16 nitrogen and oxygen atoms in total. The highest BCUT2D eigenvalue weighted by Crippen LogP contribution is 2.40. The summed E-state index contributed by atoms with van der Waals surface area (Å²) in [6.07, 6.45) is 9.30. The Morgan fingerprint density at radius 3 is 2.31 bits per heavy atom. The molecule has 3 atom stereocenters. The average molecular weight is 1060 g/mol. The van der Waals surface area contributed by atoms with Crippen molar-refractivity contribution in [3.05, 3.63) is 131 Å². The molecule has 1 aliphatic heterocycles. The van der Waals surface area contributed by atoms with Gasteiger partial charge in [0.2, 0.25) is 23.6 Å². The molecule has 1 saturated carbocycles. The predicted molar refractivity (Wildman–Crippen MR) is 302 cm³/mol. The first kappa shape index (κ1) is 54.4.